The van der Waals surface area contributed by atoms with Crippen LogP contribution in [0.15, 0.2) is 48.6 Å². The Bertz CT molecular complexity index is 736. The van der Waals surface area contributed by atoms with E-state index in [1.165, 1.54) is 12.0 Å². The monoisotopic (exact) mass is 440 g/mol. The summed E-state index contributed by atoms with van der Waals surface area (Å²) < 4.78 is 18.3. The summed E-state index contributed by atoms with van der Waals surface area (Å²) in [6.45, 7) is 8.00. The quantitative estimate of drug-likeness (QED) is 0.502. The highest BCUT2D eigenvalue weighted by Gasteiger charge is 2.27. The fraction of sp³-hybridized carbons (Fsp3) is 0.630. The van der Waals surface area contributed by atoms with E-state index < -0.39 is 0 Å². The van der Waals surface area contributed by atoms with Gasteiger partial charge in [0.1, 0.15) is 5.75 Å². The maximum atomic E-state index is 6.75. The number of hydrogen-bond acceptors (Lipinski definition) is 5. The molecule has 5 heteroatoms. The van der Waals surface area contributed by atoms with Gasteiger partial charge in [-0.25, -0.2) is 0 Å². The van der Waals surface area contributed by atoms with Gasteiger partial charge < -0.3 is 19.1 Å². The SMILES string of the molecule is CN1CCC(OC(c2cccc(OCCCCN3CCOCC3)c2)C2C=CC=CC2)CC1. The van der Waals surface area contributed by atoms with E-state index >= 15 is 0 Å². The highest BCUT2D eigenvalue weighted by atomic mass is 16.5. The van der Waals surface area contributed by atoms with Gasteiger partial charge in [0.2, 0.25) is 0 Å². The lowest BCUT2D eigenvalue weighted by molar-refractivity contribution is -0.0586. The van der Waals surface area contributed by atoms with Gasteiger partial charge in [-0.05, 0) is 63.4 Å². The van der Waals surface area contributed by atoms with Crippen LogP contribution < -0.4 is 4.74 Å². The summed E-state index contributed by atoms with van der Waals surface area (Å²) in [7, 11) is 2.20. The second kappa shape index (κ2) is 12.5. The summed E-state index contributed by atoms with van der Waals surface area (Å²) in [6.07, 6.45) is 14.8. The van der Waals surface area contributed by atoms with Crippen molar-refractivity contribution in [3.8, 4) is 5.75 Å². The summed E-state index contributed by atoms with van der Waals surface area (Å²) in [4.78, 5) is 4.88. The minimum Gasteiger partial charge on any atom is -0.494 e. The molecule has 0 amide bonds. The van der Waals surface area contributed by atoms with E-state index in [1.807, 2.05) is 0 Å². The summed E-state index contributed by atoms with van der Waals surface area (Å²) in [5, 5.41) is 0. The van der Waals surface area contributed by atoms with Gasteiger partial charge in [0.15, 0.2) is 0 Å². The van der Waals surface area contributed by atoms with Crippen LogP contribution in [0.25, 0.3) is 0 Å². The molecule has 2 heterocycles. The molecular formula is C27H40N2O3. The number of nitrogens with zero attached hydrogens (tertiary/aromatic N) is 2. The van der Waals surface area contributed by atoms with E-state index in [-0.39, 0.29) is 6.10 Å². The Labute approximate surface area is 194 Å². The molecular weight excluding hydrogens is 400 g/mol. The summed E-state index contributed by atoms with van der Waals surface area (Å²) in [5.41, 5.74) is 1.24. The molecule has 176 valence electrons. The normalized spacial score (nSPS) is 24.0. The van der Waals surface area contributed by atoms with Crippen LogP contribution in [-0.4, -0.2) is 75.5 Å². The zero-order chi connectivity index (χ0) is 22.0. The number of unbranched alkanes of at least 4 members (excludes halogenated alkanes) is 1. The lowest BCUT2D eigenvalue weighted by atomic mass is 9.89. The number of piperidine rings is 1. The van der Waals surface area contributed by atoms with Crippen LogP contribution in [0.4, 0.5) is 0 Å². The summed E-state index contributed by atoms with van der Waals surface area (Å²) >= 11 is 0. The minimum absolute atomic E-state index is 0.0782. The summed E-state index contributed by atoms with van der Waals surface area (Å²) in [6, 6.07) is 8.60. The maximum Gasteiger partial charge on any atom is 0.119 e. The van der Waals surface area contributed by atoms with Gasteiger partial charge >= 0.3 is 0 Å². The molecule has 0 spiro atoms. The predicted octanol–water partition coefficient (Wildman–Crippen LogP) is 4.46. The van der Waals surface area contributed by atoms with Gasteiger partial charge in [0, 0.05) is 32.1 Å². The molecule has 0 bridgehead atoms. The Morgan fingerprint density at radius 3 is 2.69 bits per heavy atom. The number of rotatable bonds is 10. The van der Waals surface area contributed by atoms with Crippen LogP contribution in [0.2, 0.25) is 0 Å². The van der Waals surface area contributed by atoms with Crippen molar-refractivity contribution in [1.82, 2.24) is 9.80 Å². The van der Waals surface area contributed by atoms with Crippen LogP contribution in [-0.2, 0) is 9.47 Å². The Kier molecular flexibility index (Phi) is 9.21. The number of ether oxygens (including phenoxy) is 3. The lowest BCUT2D eigenvalue weighted by Gasteiger charge is -2.34. The molecule has 1 aliphatic carbocycles. The number of benzene rings is 1. The molecule has 2 saturated heterocycles. The van der Waals surface area contributed by atoms with Gasteiger partial charge in [-0.15, -0.1) is 0 Å². The van der Waals surface area contributed by atoms with Crippen molar-refractivity contribution >= 4 is 0 Å². The third-order valence-electron chi connectivity index (χ3n) is 6.84. The third-order valence-corrected chi connectivity index (χ3v) is 6.84. The zero-order valence-electron chi connectivity index (χ0n) is 19.7. The predicted molar refractivity (Wildman–Crippen MR) is 129 cm³/mol. The summed E-state index contributed by atoms with van der Waals surface area (Å²) in [5.74, 6) is 1.34. The molecule has 0 N–H and O–H groups in total. The molecule has 3 aliphatic rings. The fourth-order valence-electron chi connectivity index (χ4n) is 4.81. The number of allylic oxidation sites excluding steroid dienone is 3. The van der Waals surface area contributed by atoms with Crippen molar-refractivity contribution in [1.29, 1.82) is 0 Å². The first-order valence-electron chi connectivity index (χ1n) is 12.5. The molecule has 2 atom stereocenters. The fourth-order valence-corrected chi connectivity index (χ4v) is 4.81. The first-order chi connectivity index (χ1) is 15.8. The van der Waals surface area contributed by atoms with E-state index in [9.17, 15) is 0 Å². The zero-order valence-corrected chi connectivity index (χ0v) is 19.7. The Morgan fingerprint density at radius 2 is 1.91 bits per heavy atom. The molecule has 0 radical (unpaired) electrons. The minimum atomic E-state index is 0.0782. The van der Waals surface area contributed by atoms with E-state index in [2.05, 4.69) is 65.4 Å². The standard InChI is InChI=1S/C27H40N2O3/c1-28-15-12-25(13-16-28)32-27(23-8-3-2-4-9-23)24-10-7-11-26(22-24)31-19-6-5-14-29-17-20-30-21-18-29/h2-4,7-8,10-11,22-23,25,27H,5-6,9,12-21H2,1H3. The average Bonchev–Trinajstić information content (AvgIpc) is 2.85. The Balaban J connectivity index is 1.31. The molecule has 1 aromatic carbocycles. The molecule has 5 nitrogen and oxygen atoms in total. The Morgan fingerprint density at radius 1 is 1.06 bits per heavy atom. The highest BCUT2D eigenvalue weighted by Crippen LogP contribution is 2.35. The van der Waals surface area contributed by atoms with Crippen LogP contribution in [0.5, 0.6) is 5.75 Å². The van der Waals surface area contributed by atoms with Crippen molar-refractivity contribution in [2.24, 2.45) is 5.92 Å². The van der Waals surface area contributed by atoms with E-state index in [0.29, 0.717) is 12.0 Å². The van der Waals surface area contributed by atoms with Crippen molar-refractivity contribution in [3.05, 3.63) is 54.1 Å². The van der Waals surface area contributed by atoms with Gasteiger partial charge in [-0.3, -0.25) is 4.90 Å². The van der Waals surface area contributed by atoms with Crippen molar-refractivity contribution in [2.75, 3.05) is 59.6 Å². The Hall–Kier alpha value is -1.66. The molecule has 2 aliphatic heterocycles. The third kappa shape index (κ3) is 7.17. The molecule has 32 heavy (non-hydrogen) atoms. The van der Waals surface area contributed by atoms with Gasteiger partial charge in [-0.1, -0.05) is 36.4 Å². The smallest absolute Gasteiger partial charge is 0.119 e. The van der Waals surface area contributed by atoms with Crippen molar-refractivity contribution in [2.45, 2.75) is 44.3 Å². The largest absolute Gasteiger partial charge is 0.494 e. The van der Waals surface area contributed by atoms with Gasteiger partial charge in [0.25, 0.3) is 0 Å². The molecule has 0 saturated carbocycles. The number of hydrogen-bond donors (Lipinski definition) is 0. The molecule has 4 rings (SSSR count). The second-order valence-electron chi connectivity index (χ2n) is 9.35. The highest BCUT2D eigenvalue weighted by molar-refractivity contribution is 5.31. The van der Waals surface area contributed by atoms with Crippen LogP contribution in [0.1, 0.15) is 43.8 Å². The first kappa shape index (κ1) is 23.5. The van der Waals surface area contributed by atoms with E-state index in [1.54, 1.807) is 0 Å². The van der Waals surface area contributed by atoms with Crippen molar-refractivity contribution < 1.29 is 14.2 Å². The van der Waals surface area contributed by atoms with E-state index in [4.69, 9.17) is 14.2 Å². The number of morpholine rings is 1. The van der Waals surface area contributed by atoms with Crippen LogP contribution >= 0.6 is 0 Å². The maximum absolute atomic E-state index is 6.75. The van der Waals surface area contributed by atoms with Crippen LogP contribution in [0, 0.1) is 5.92 Å². The van der Waals surface area contributed by atoms with Gasteiger partial charge in [-0.2, -0.15) is 0 Å². The second-order valence-corrected chi connectivity index (χ2v) is 9.35. The number of likely N-dealkylation sites (tertiary alicyclic amines) is 1. The van der Waals surface area contributed by atoms with E-state index in [0.717, 1.165) is 84.0 Å². The molecule has 2 fully saturated rings. The van der Waals surface area contributed by atoms with Gasteiger partial charge in [0.05, 0.1) is 32.0 Å². The molecule has 0 aromatic heterocycles. The van der Waals surface area contributed by atoms with Crippen molar-refractivity contribution in [3.63, 3.8) is 0 Å². The average molecular weight is 441 g/mol. The topological polar surface area (TPSA) is 34.2 Å². The molecule has 2 unspecified atom stereocenters. The molecule has 1 aromatic rings. The first-order valence-corrected chi connectivity index (χ1v) is 12.5. The van der Waals surface area contributed by atoms with Crippen LogP contribution in [0.3, 0.4) is 0 Å². The lowest BCUT2D eigenvalue weighted by Crippen LogP contribution is -2.36.